The molecule has 0 bridgehead atoms. The van der Waals surface area contributed by atoms with Crippen LogP contribution in [0.1, 0.15) is 43.3 Å². The molecular weight excluding hydrogens is 314 g/mol. The Balaban J connectivity index is 1.69. The fourth-order valence-corrected chi connectivity index (χ4v) is 3.82. The van der Waals surface area contributed by atoms with E-state index in [0.717, 1.165) is 43.1 Å². The first-order chi connectivity index (χ1) is 12.2. The van der Waals surface area contributed by atoms with E-state index in [2.05, 4.69) is 62.7 Å². The van der Waals surface area contributed by atoms with Crippen LogP contribution in [-0.2, 0) is 13.0 Å². The van der Waals surface area contributed by atoms with Crippen molar-refractivity contribution in [2.24, 2.45) is 0 Å². The van der Waals surface area contributed by atoms with Gasteiger partial charge < -0.3 is 4.90 Å². The maximum Gasteiger partial charge on any atom is 0.254 e. The zero-order chi connectivity index (χ0) is 17.4. The summed E-state index contributed by atoms with van der Waals surface area (Å²) in [4.78, 5) is 11.4. The second kappa shape index (κ2) is 6.46. The van der Waals surface area contributed by atoms with Crippen LogP contribution in [0.4, 0.5) is 5.82 Å². The van der Waals surface area contributed by atoms with Crippen molar-refractivity contribution < 1.29 is 0 Å². The van der Waals surface area contributed by atoms with Gasteiger partial charge >= 0.3 is 0 Å². The molecule has 0 saturated carbocycles. The van der Waals surface area contributed by atoms with Gasteiger partial charge in [-0.2, -0.15) is 19.7 Å². The fourth-order valence-electron chi connectivity index (χ4n) is 3.82. The van der Waals surface area contributed by atoms with Crippen LogP contribution in [0.5, 0.6) is 0 Å². The van der Waals surface area contributed by atoms with Gasteiger partial charge in [0, 0.05) is 24.0 Å². The Bertz CT molecular complexity index is 879. The van der Waals surface area contributed by atoms with E-state index in [-0.39, 0.29) is 0 Å². The van der Waals surface area contributed by atoms with Gasteiger partial charge in [0.25, 0.3) is 5.78 Å². The summed E-state index contributed by atoms with van der Waals surface area (Å²) in [5.41, 5.74) is 3.39. The van der Waals surface area contributed by atoms with Gasteiger partial charge in [0.1, 0.15) is 12.1 Å². The molecule has 1 fully saturated rings. The van der Waals surface area contributed by atoms with Gasteiger partial charge in [-0.15, -0.1) is 0 Å². The first-order valence-corrected chi connectivity index (χ1v) is 9.13. The Morgan fingerprint density at radius 3 is 2.88 bits per heavy atom. The van der Waals surface area contributed by atoms with Crippen LogP contribution >= 0.6 is 0 Å². The van der Waals surface area contributed by atoms with Crippen LogP contribution in [0.2, 0.25) is 0 Å². The molecule has 1 aliphatic rings. The molecule has 0 radical (unpaired) electrons. The molecule has 4 heterocycles. The number of hydrogen-bond donors (Lipinski definition) is 0. The summed E-state index contributed by atoms with van der Waals surface area (Å²) in [6.45, 7) is 8.29. The van der Waals surface area contributed by atoms with E-state index in [9.17, 15) is 0 Å². The summed E-state index contributed by atoms with van der Waals surface area (Å²) < 4.78 is 4.00. The molecule has 1 saturated heterocycles. The normalized spacial score (nSPS) is 17.7. The number of anilines is 1. The van der Waals surface area contributed by atoms with E-state index in [0.29, 0.717) is 11.8 Å². The molecule has 1 atom stereocenters. The van der Waals surface area contributed by atoms with Gasteiger partial charge in [0.2, 0.25) is 0 Å². The minimum absolute atomic E-state index is 0.419. The Kier molecular flexibility index (Phi) is 4.15. The minimum atomic E-state index is 0.419. The summed E-state index contributed by atoms with van der Waals surface area (Å²) in [5, 5.41) is 9.05. The monoisotopic (exact) mass is 339 g/mol. The first kappa shape index (κ1) is 16.1. The third-order valence-corrected chi connectivity index (χ3v) is 4.95. The molecule has 4 rings (SSSR count). The van der Waals surface area contributed by atoms with E-state index in [1.54, 1.807) is 6.33 Å². The lowest BCUT2D eigenvalue weighted by molar-refractivity contribution is 0.494. The van der Waals surface area contributed by atoms with Crippen molar-refractivity contribution in [2.75, 3.05) is 11.4 Å². The van der Waals surface area contributed by atoms with Gasteiger partial charge in [0.05, 0.1) is 18.3 Å². The average Bonchev–Trinajstić information content (AvgIpc) is 3.28. The molecule has 132 valence electrons. The van der Waals surface area contributed by atoms with E-state index in [1.807, 2.05) is 4.52 Å². The first-order valence-electron chi connectivity index (χ1n) is 9.13. The summed E-state index contributed by atoms with van der Waals surface area (Å²) in [6, 6.07) is 4.74. The Labute approximate surface area is 147 Å². The molecule has 3 aromatic heterocycles. The van der Waals surface area contributed by atoms with Gasteiger partial charge in [0.15, 0.2) is 0 Å². The molecule has 3 aromatic rings. The van der Waals surface area contributed by atoms with Gasteiger partial charge in [-0.1, -0.05) is 13.3 Å². The highest BCUT2D eigenvalue weighted by molar-refractivity contribution is 5.49. The zero-order valence-electron chi connectivity index (χ0n) is 15.2. The number of nitrogens with zero attached hydrogens (tertiary/aromatic N) is 7. The van der Waals surface area contributed by atoms with Crippen LogP contribution in [-0.4, -0.2) is 41.9 Å². The number of aromatic nitrogens is 6. The number of aryl methyl sites for hydroxylation is 3. The fraction of sp³-hybridized carbons (Fsp3) is 0.556. The summed E-state index contributed by atoms with van der Waals surface area (Å²) in [5.74, 6) is 1.80. The lowest BCUT2D eigenvalue weighted by Gasteiger charge is -2.27. The van der Waals surface area contributed by atoms with E-state index in [4.69, 9.17) is 0 Å². The maximum atomic E-state index is 4.64. The van der Waals surface area contributed by atoms with Crippen molar-refractivity contribution >= 4 is 11.6 Å². The SMILES string of the molecule is CCCc1cc(N2CCC[C@@H]2Cn2nc(C)cc2C)n2ncnc2n1. The summed E-state index contributed by atoms with van der Waals surface area (Å²) in [7, 11) is 0. The largest absolute Gasteiger partial charge is 0.352 e. The quantitative estimate of drug-likeness (QED) is 0.715. The third-order valence-electron chi connectivity index (χ3n) is 4.95. The number of rotatable bonds is 5. The molecule has 0 N–H and O–H groups in total. The molecule has 0 spiro atoms. The smallest absolute Gasteiger partial charge is 0.254 e. The molecule has 0 aromatic carbocycles. The maximum absolute atomic E-state index is 4.64. The van der Waals surface area contributed by atoms with E-state index in [1.165, 1.54) is 18.5 Å². The van der Waals surface area contributed by atoms with Gasteiger partial charge in [-0.05, 0) is 39.2 Å². The predicted molar refractivity (Wildman–Crippen MR) is 96.8 cm³/mol. The van der Waals surface area contributed by atoms with Crippen LogP contribution < -0.4 is 4.90 Å². The van der Waals surface area contributed by atoms with Crippen molar-refractivity contribution in [1.82, 2.24) is 29.4 Å². The van der Waals surface area contributed by atoms with Crippen LogP contribution in [0, 0.1) is 13.8 Å². The van der Waals surface area contributed by atoms with Crippen molar-refractivity contribution in [3.05, 3.63) is 35.5 Å². The number of hydrogen-bond acceptors (Lipinski definition) is 5. The standard InChI is InChI=1S/C18H25N7/c1-4-6-15-10-17(25-18(21-15)19-12-20-25)23-8-5-7-16(23)11-24-14(3)9-13(2)22-24/h9-10,12,16H,4-8,11H2,1-3H3/t16-/m1/s1. The molecule has 0 amide bonds. The van der Waals surface area contributed by atoms with Crippen LogP contribution in [0.15, 0.2) is 18.5 Å². The van der Waals surface area contributed by atoms with Crippen LogP contribution in [0.3, 0.4) is 0 Å². The molecule has 25 heavy (non-hydrogen) atoms. The zero-order valence-corrected chi connectivity index (χ0v) is 15.2. The van der Waals surface area contributed by atoms with Crippen LogP contribution in [0.25, 0.3) is 5.78 Å². The minimum Gasteiger partial charge on any atom is -0.352 e. The third kappa shape index (κ3) is 2.99. The molecule has 0 unspecified atom stereocenters. The van der Waals surface area contributed by atoms with Gasteiger partial charge in [-0.25, -0.2) is 4.98 Å². The van der Waals surface area contributed by atoms with Gasteiger partial charge in [-0.3, -0.25) is 4.68 Å². The highest BCUT2D eigenvalue weighted by atomic mass is 15.4. The lowest BCUT2D eigenvalue weighted by Crippen LogP contribution is -2.35. The second-order valence-electron chi connectivity index (χ2n) is 6.93. The average molecular weight is 339 g/mol. The molecule has 0 aliphatic carbocycles. The highest BCUT2D eigenvalue weighted by Gasteiger charge is 2.28. The van der Waals surface area contributed by atoms with Crippen molar-refractivity contribution in [1.29, 1.82) is 0 Å². The Morgan fingerprint density at radius 2 is 2.12 bits per heavy atom. The van der Waals surface area contributed by atoms with E-state index < -0.39 is 0 Å². The Morgan fingerprint density at radius 1 is 1.24 bits per heavy atom. The van der Waals surface area contributed by atoms with Crippen molar-refractivity contribution in [2.45, 2.75) is 59.0 Å². The van der Waals surface area contributed by atoms with E-state index >= 15 is 0 Å². The molecule has 1 aliphatic heterocycles. The lowest BCUT2D eigenvalue weighted by atomic mass is 10.2. The predicted octanol–water partition coefficient (Wildman–Crippen LogP) is 2.56. The molecule has 7 nitrogen and oxygen atoms in total. The Hall–Kier alpha value is -2.44. The topological polar surface area (TPSA) is 64.1 Å². The highest BCUT2D eigenvalue weighted by Crippen LogP contribution is 2.27. The summed E-state index contributed by atoms with van der Waals surface area (Å²) in [6.07, 6.45) is 5.98. The molecular formula is C18H25N7. The van der Waals surface area contributed by atoms with Crippen molar-refractivity contribution in [3.63, 3.8) is 0 Å². The summed E-state index contributed by atoms with van der Waals surface area (Å²) >= 11 is 0. The number of fused-ring (bicyclic) bond motifs is 1. The second-order valence-corrected chi connectivity index (χ2v) is 6.93. The molecule has 7 heteroatoms. The van der Waals surface area contributed by atoms with Crippen molar-refractivity contribution in [3.8, 4) is 0 Å².